The van der Waals surface area contributed by atoms with E-state index in [1.807, 2.05) is 17.0 Å². The Morgan fingerprint density at radius 1 is 1.03 bits per heavy atom. The molecular formula is C28H34F2N2O3. The summed E-state index contributed by atoms with van der Waals surface area (Å²) in [7, 11) is 1.68. The molecule has 0 radical (unpaired) electrons. The summed E-state index contributed by atoms with van der Waals surface area (Å²) >= 11 is 0. The minimum Gasteiger partial charge on any atom is -0.497 e. The number of β-amino-alcohol motifs (C(OH)–C–C–N with tert-alkyl or cyclic N) is 1. The number of rotatable bonds is 8. The molecular weight excluding hydrogens is 450 g/mol. The number of carbonyl (C=O) groups is 1. The zero-order chi connectivity index (χ0) is 24.8. The van der Waals surface area contributed by atoms with Crippen LogP contribution in [0.4, 0.5) is 8.78 Å². The predicted octanol–water partition coefficient (Wildman–Crippen LogP) is 4.62. The molecule has 0 spiro atoms. The van der Waals surface area contributed by atoms with Crippen molar-refractivity contribution in [1.29, 1.82) is 0 Å². The van der Waals surface area contributed by atoms with Crippen LogP contribution < -0.4 is 4.74 Å². The molecule has 1 unspecified atom stereocenters. The first kappa shape index (κ1) is 25.3. The van der Waals surface area contributed by atoms with Crippen LogP contribution in [0.1, 0.15) is 47.5 Å². The summed E-state index contributed by atoms with van der Waals surface area (Å²) < 4.78 is 31.9. The molecule has 5 nitrogen and oxygen atoms in total. The first-order valence-electron chi connectivity index (χ1n) is 12.4. The van der Waals surface area contributed by atoms with Gasteiger partial charge in [0.2, 0.25) is 0 Å². The highest BCUT2D eigenvalue weighted by atomic mass is 19.1. The Hall–Kier alpha value is -2.77. The second kappa shape index (κ2) is 11.8. The maximum absolute atomic E-state index is 13.3. The van der Waals surface area contributed by atoms with E-state index < -0.39 is 17.4 Å². The van der Waals surface area contributed by atoms with Crippen LogP contribution in [0.2, 0.25) is 0 Å². The highest BCUT2D eigenvalue weighted by Gasteiger charge is 2.28. The molecule has 0 aromatic heterocycles. The van der Waals surface area contributed by atoms with Crippen molar-refractivity contribution in [3.8, 4) is 5.75 Å². The second-order valence-electron chi connectivity index (χ2n) is 9.63. The van der Waals surface area contributed by atoms with Gasteiger partial charge in [-0.2, -0.15) is 0 Å². The summed E-state index contributed by atoms with van der Waals surface area (Å²) in [6.45, 7) is 4.14. The number of ether oxygens (including phenoxy) is 1. The van der Waals surface area contributed by atoms with Crippen LogP contribution in [-0.2, 0) is 0 Å². The van der Waals surface area contributed by atoms with Crippen LogP contribution >= 0.6 is 0 Å². The lowest BCUT2D eigenvalue weighted by Gasteiger charge is -2.37. The quantitative estimate of drug-likeness (QED) is 0.438. The van der Waals surface area contributed by atoms with Crippen LogP contribution in [-0.4, -0.2) is 66.6 Å². The molecule has 2 aromatic carbocycles. The van der Waals surface area contributed by atoms with Crippen molar-refractivity contribution in [2.75, 3.05) is 39.8 Å². The summed E-state index contributed by atoms with van der Waals surface area (Å²) in [6, 6.07) is 11.2. The standard InChI is InChI=1S/C28H34F2N2O3/c1-35-26-4-2-20(3-5-26)21-6-13-32(14-7-21)19-28(34)22-8-11-31(12-9-22)15-10-27(33)23-16-24(29)18-25(30)17-23/h2-5,10,15-18,21-22,28,34H,6-9,11-14,19H2,1H3. The average molecular weight is 485 g/mol. The highest BCUT2D eigenvalue weighted by molar-refractivity contribution is 6.04. The van der Waals surface area contributed by atoms with Crippen molar-refractivity contribution in [2.45, 2.75) is 37.7 Å². The number of benzene rings is 2. The zero-order valence-electron chi connectivity index (χ0n) is 20.2. The van der Waals surface area contributed by atoms with Gasteiger partial charge in [0.25, 0.3) is 0 Å². The SMILES string of the molecule is COc1ccc(C2CCN(CC(O)C3CCN(C=CC(=O)c4cc(F)cc(F)c4)CC3)CC2)cc1. The molecule has 2 aromatic rings. The molecule has 2 fully saturated rings. The fraction of sp³-hybridized carbons (Fsp3) is 0.464. The number of aliphatic hydroxyl groups is 1. The van der Waals surface area contributed by atoms with Crippen LogP contribution in [0, 0.1) is 17.6 Å². The van der Waals surface area contributed by atoms with E-state index in [1.165, 1.54) is 11.6 Å². The number of methoxy groups -OCH3 is 1. The first-order chi connectivity index (χ1) is 16.9. The maximum atomic E-state index is 13.3. The molecule has 2 heterocycles. The molecule has 4 rings (SSSR count). The maximum Gasteiger partial charge on any atom is 0.187 e. The van der Waals surface area contributed by atoms with Gasteiger partial charge in [-0.1, -0.05) is 12.1 Å². The minimum absolute atomic E-state index is 0.000167. The van der Waals surface area contributed by atoms with E-state index in [9.17, 15) is 18.7 Å². The van der Waals surface area contributed by atoms with Crippen molar-refractivity contribution in [1.82, 2.24) is 9.80 Å². The van der Waals surface area contributed by atoms with Crippen molar-refractivity contribution in [3.05, 3.63) is 77.5 Å². The number of carbonyl (C=O) groups excluding carboxylic acids is 1. The third kappa shape index (κ3) is 6.89. The monoisotopic (exact) mass is 484 g/mol. The lowest BCUT2D eigenvalue weighted by atomic mass is 9.88. The van der Waals surface area contributed by atoms with Gasteiger partial charge >= 0.3 is 0 Å². The number of allylic oxidation sites excluding steroid dienone is 1. The van der Waals surface area contributed by atoms with Gasteiger partial charge in [-0.3, -0.25) is 4.79 Å². The van der Waals surface area contributed by atoms with Gasteiger partial charge in [-0.05, 0) is 80.4 Å². The van der Waals surface area contributed by atoms with Gasteiger partial charge in [-0.25, -0.2) is 8.78 Å². The molecule has 1 atom stereocenters. The summed E-state index contributed by atoms with van der Waals surface area (Å²) in [5.41, 5.74) is 1.35. The molecule has 2 saturated heterocycles. The van der Waals surface area contributed by atoms with Crippen LogP contribution in [0.3, 0.4) is 0 Å². The summed E-state index contributed by atoms with van der Waals surface area (Å²) in [6.07, 6.45) is 6.55. The number of hydrogen-bond donors (Lipinski definition) is 1. The lowest BCUT2D eigenvalue weighted by molar-refractivity contribution is 0.0319. The summed E-state index contributed by atoms with van der Waals surface area (Å²) in [5.74, 6) is -0.293. The molecule has 1 N–H and O–H groups in total. The van der Waals surface area contributed by atoms with E-state index in [-0.39, 0.29) is 17.6 Å². The molecule has 188 valence electrons. The Bertz CT molecular complexity index is 991. The number of likely N-dealkylation sites (tertiary alicyclic amines) is 2. The fourth-order valence-electron chi connectivity index (χ4n) is 5.16. The van der Waals surface area contributed by atoms with Gasteiger partial charge < -0.3 is 19.6 Å². The van der Waals surface area contributed by atoms with Gasteiger partial charge in [0.05, 0.1) is 13.2 Å². The Morgan fingerprint density at radius 2 is 1.66 bits per heavy atom. The third-order valence-electron chi connectivity index (χ3n) is 7.32. The fourth-order valence-corrected chi connectivity index (χ4v) is 5.16. The normalized spacial score (nSPS) is 19.3. The van der Waals surface area contributed by atoms with Gasteiger partial charge in [0, 0.05) is 43.5 Å². The smallest absolute Gasteiger partial charge is 0.187 e. The number of aliphatic hydroxyl groups excluding tert-OH is 1. The lowest BCUT2D eigenvalue weighted by Crippen LogP contribution is -2.43. The molecule has 7 heteroatoms. The topological polar surface area (TPSA) is 53.0 Å². The Morgan fingerprint density at radius 3 is 2.26 bits per heavy atom. The van der Waals surface area contributed by atoms with Crippen molar-refractivity contribution in [3.63, 3.8) is 0 Å². The van der Waals surface area contributed by atoms with Crippen molar-refractivity contribution in [2.24, 2.45) is 5.92 Å². The van der Waals surface area contributed by atoms with Crippen LogP contribution in [0.5, 0.6) is 5.75 Å². The molecule has 0 amide bonds. The summed E-state index contributed by atoms with van der Waals surface area (Å²) in [4.78, 5) is 16.6. The number of nitrogens with zero attached hydrogens (tertiary/aromatic N) is 2. The van der Waals surface area contributed by atoms with E-state index in [0.717, 1.165) is 75.8 Å². The van der Waals surface area contributed by atoms with Crippen molar-refractivity contribution >= 4 is 5.78 Å². The summed E-state index contributed by atoms with van der Waals surface area (Å²) in [5, 5.41) is 10.9. The zero-order valence-corrected chi connectivity index (χ0v) is 20.2. The van der Waals surface area contributed by atoms with Crippen LogP contribution in [0.25, 0.3) is 0 Å². The number of ketones is 1. The number of hydrogen-bond acceptors (Lipinski definition) is 5. The van der Waals surface area contributed by atoms with E-state index in [1.54, 1.807) is 13.3 Å². The Balaban J connectivity index is 1.19. The molecule has 2 aliphatic rings. The Labute approximate surface area is 206 Å². The second-order valence-corrected chi connectivity index (χ2v) is 9.63. The minimum atomic E-state index is -0.762. The molecule has 35 heavy (non-hydrogen) atoms. The highest BCUT2D eigenvalue weighted by Crippen LogP contribution is 2.30. The van der Waals surface area contributed by atoms with Crippen molar-refractivity contribution < 1.29 is 23.4 Å². The molecule has 2 aliphatic heterocycles. The molecule has 0 saturated carbocycles. The average Bonchev–Trinajstić information content (AvgIpc) is 2.87. The third-order valence-corrected chi connectivity index (χ3v) is 7.32. The molecule has 0 aliphatic carbocycles. The predicted molar refractivity (Wildman–Crippen MR) is 132 cm³/mol. The number of piperidine rings is 2. The van der Waals surface area contributed by atoms with E-state index in [0.29, 0.717) is 12.5 Å². The first-order valence-corrected chi connectivity index (χ1v) is 12.4. The van der Waals surface area contributed by atoms with E-state index in [4.69, 9.17) is 4.74 Å². The van der Waals surface area contributed by atoms with E-state index >= 15 is 0 Å². The van der Waals surface area contributed by atoms with Crippen LogP contribution in [0.15, 0.2) is 54.7 Å². The van der Waals surface area contributed by atoms with Gasteiger partial charge in [0.15, 0.2) is 5.78 Å². The van der Waals surface area contributed by atoms with E-state index in [2.05, 4.69) is 17.0 Å². The van der Waals surface area contributed by atoms with Gasteiger partial charge in [0.1, 0.15) is 17.4 Å². The number of halogens is 2. The molecule has 0 bridgehead atoms. The Kier molecular flexibility index (Phi) is 8.52. The largest absolute Gasteiger partial charge is 0.497 e. The van der Waals surface area contributed by atoms with Gasteiger partial charge in [-0.15, -0.1) is 0 Å².